The topological polar surface area (TPSA) is 28.2 Å². The average Bonchev–Trinajstić information content (AvgIpc) is 2.58. The van der Waals surface area contributed by atoms with Crippen LogP contribution >= 0.6 is 22.9 Å². The highest BCUT2D eigenvalue weighted by molar-refractivity contribution is 7.15. The van der Waals surface area contributed by atoms with Crippen LogP contribution < -0.4 is 5.32 Å². The van der Waals surface area contributed by atoms with Gasteiger partial charge in [-0.2, -0.15) is 0 Å². The molecule has 5 heteroatoms. The summed E-state index contributed by atoms with van der Waals surface area (Å²) < 4.78 is 0.639. The van der Waals surface area contributed by atoms with Gasteiger partial charge in [0.15, 0.2) is 4.47 Å². The standard InChI is InChI=1S/C10H16ClN3S/c1-7-3-12-4-8(2)14(7)6-9-5-13-10(11)15-9/h5,7-8,12H,3-4,6H2,1-2H3. The zero-order chi connectivity index (χ0) is 10.8. The lowest BCUT2D eigenvalue weighted by Gasteiger charge is -2.39. The lowest BCUT2D eigenvalue weighted by atomic mass is 10.1. The molecule has 1 aliphatic heterocycles. The molecule has 0 spiro atoms. The van der Waals surface area contributed by atoms with Gasteiger partial charge in [-0.3, -0.25) is 4.90 Å². The normalized spacial score (nSPS) is 28.2. The lowest BCUT2D eigenvalue weighted by Crippen LogP contribution is -2.54. The largest absolute Gasteiger partial charge is 0.314 e. The van der Waals surface area contributed by atoms with Gasteiger partial charge in [-0.1, -0.05) is 11.6 Å². The molecule has 1 aromatic heterocycles. The summed E-state index contributed by atoms with van der Waals surface area (Å²) >= 11 is 7.41. The van der Waals surface area contributed by atoms with Gasteiger partial charge in [0.25, 0.3) is 0 Å². The van der Waals surface area contributed by atoms with Crippen LogP contribution in [-0.2, 0) is 6.54 Å². The van der Waals surface area contributed by atoms with Crippen molar-refractivity contribution in [1.82, 2.24) is 15.2 Å². The van der Waals surface area contributed by atoms with Crippen LogP contribution in [0.5, 0.6) is 0 Å². The van der Waals surface area contributed by atoms with Gasteiger partial charge in [0.1, 0.15) is 0 Å². The molecule has 0 radical (unpaired) electrons. The highest BCUT2D eigenvalue weighted by Crippen LogP contribution is 2.22. The molecule has 1 aliphatic rings. The Kier molecular flexibility index (Phi) is 3.61. The fourth-order valence-electron chi connectivity index (χ4n) is 2.02. The van der Waals surface area contributed by atoms with E-state index in [1.165, 1.54) is 4.88 Å². The summed E-state index contributed by atoms with van der Waals surface area (Å²) in [6, 6.07) is 1.16. The van der Waals surface area contributed by atoms with Crippen LogP contribution in [0.1, 0.15) is 18.7 Å². The number of hydrogen-bond donors (Lipinski definition) is 1. The van der Waals surface area contributed by atoms with Crippen LogP contribution in [0.25, 0.3) is 0 Å². The summed E-state index contributed by atoms with van der Waals surface area (Å²) in [5, 5.41) is 3.43. The molecule has 2 unspecified atom stereocenters. The van der Waals surface area contributed by atoms with E-state index in [0.29, 0.717) is 16.6 Å². The van der Waals surface area contributed by atoms with E-state index >= 15 is 0 Å². The van der Waals surface area contributed by atoms with Crippen molar-refractivity contribution in [1.29, 1.82) is 0 Å². The number of rotatable bonds is 2. The minimum absolute atomic E-state index is 0.578. The summed E-state index contributed by atoms with van der Waals surface area (Å²) in [6.45, 7) is 7.61. The smallest absolute Gasteiger partial charge is 0.183 e. The van der Waals surface area contributed by atoms with Gasteiger partial charge in [0, 0.05) is 42.8 Å². The molecule has 1 saturated heterocycles. The molecule has 0 aliphatic carbocycles. The van der Waals surface area contributed by atoms with Crippen molar-refractivity contribution in [2.24, 2.45) is 0 Å². The van der Waals surface area contributed by atoms with Gasteiger partial charge < -0.3 is 5.32 Å². The van der Waals surface area contributed by atoms with Gasteiger partial charge in [-0.05, 0) is 13.8 Å². The first kappa shape index (κ1) is 11.3. The molecular weight excluding hydrogens is 230 g/mol. The number of thiazole rings is 1. The Bertz CT molecular complexity index is 318. The minimum atomic E-state index is 0.578. The first-order chi connectivity index (χ1) is 7.16. The van der Waals surface area contributed by atoms with Gasteiger partial charge in [-0.25, -0.2) is 4.98 Å². The first-order valence-corrected chi connectivity index (χ1v) is 6.43. The Labute approximate surface area is 99.5 Å². The van der Waals surface area contributed by atoms with Crippen molar-refractivity contribution in [2.75, 3.05) is 13.1 Å². The lowest BCUT2D eigenvalue weighted by molar-refractivity contribution is 0.110. The summed E-state index contributed by atoms with van der Waals surface area (Å²) in [7, 11) is 0. The fourth-order valence-corrected chi connectivity index (χ4v) is 3.01. The molecule has 1 aromatic rings. The maximum atomic E-state index is 5.83. The van der Waals surface area contributed by atoms with Crippen LogP contribution in [0.2, 0.25) is 4.47 Å². The Morgan fingerprint density at radius 2 is 2.20 bits per heavy atom. The summed E-state index contributed by atoms with van der Waals surface area (Å²) in [5.41, 5.74) is 0. The molecule has 0 amide bonds. The number of nitrogens with one attached hydrogen (secondary N) is 1. The number of aromatic nitrogens is 1. The van der Waals surface area contributed by atoms with Crippen molar-refractivity contribution in [3.8, 4) is 0 Å². The second-order valence-electron chi connectivity index (χ2n) is 4.11. The maximum absolute atomic E-state index is 5.83. The third-order valence-electron chi connectivity index (χ3n) is 2.88. The van der Waals surface area contributed by atoms with E-state index in [0.717, 1.165) is 19.6 Å². The van der Waals surface area contributed by atoms with Crippen molar-refractivity contribution in [3.05, 3.63) is 15.5 Å². The third kappa shape index (κ3) is 2.69. The Morgan fingerprint density at radius 3 is 2.73 bits per heavy atom. The van der Waals surface area contributed by atoms with E-state index in [-0.39, 0.29) is 0 Å². The number of hydrogen-bond acceptors (Lipinski definition) is 4. The van der Waals surface area contributed by atoms with Crippen molar-refractivity contribution in [3.63, 3.8) is 0 Å². The van der Waals surface area contributed by atoms with Gasteiger partial charge in [-0.15, -0.1) is 11.3 Å². The maximum Gasteiger partial charge on any atom is 0.183 e. The van der Waals surface area contributed by atoms with Crippen LogP contribution in [-0.4, -0.2) is 35.1 Å². The quantitative estimate of drug-likeness (QED) is 0.864. The molecular formula is C10H16ClN3S. The van der Waals surface area contributed by atoms with E-state index < -0.39 is 0 Å². The van der Waals surface area contributed by atoms with Crippen LogP contribution in [0.15, 0.2) is 6.20 Å². The predicted octanol–water partition coefficient (Wildman–Crippen LogP) is 1.98. The molecule has 0 aromatic carbocycles. The molecule has 0 saturated carbocycles. The van der Waals surface area contributed by atoms with Gasteiger partial charge in [0.2, 0.25) is 0 Å². The highest BCUT2D eigenvalue weighted by atomic mass is 35.5. The van der Waals surface area contributed by atoms with E-state index in [9.17, 15) is 0 Å². The van der Waals surface area contributed by atoms with Crippen LogP contribution in [0.4, 0.5) is 0 Å². The van der Waals surface area contributed by atoms with Crippen molar-refractivity contribution in [2.45, 2.75) is 32.5 Å². The van der Waals surface area contributed by atoms with Gasteiger partial charge in [0.05, 0.1) is 0 Å². The molecule has 84 valence electrons. The zero-order valence-electron chi connectivity index (χ0n) is 9.03. The molecule has 1 N–H and O–H groups in total. The summed E-state index contributed by atoms with van der Waals surface area (Å²) in [5.74, 6) is 0. The highest BCUT2D eigenvalue weighted by Gasteiger charge is 2.24. The van der Waals surface area contributed by atoms with E-state index in [1.807, 2.05) is 6.20 Å². The number of piperazine rings is 1. The van der Waals surface area contributed by atoms with E-state index in [4.69, 9.17) is 11.6 Å². The second kappa shape index (κ2) is 4.78. The predicted molar refractivity (Wildman–Crippen MR) is 64.5 cm³/mol. The SMILES string of the molecule is CC1CNCC(C)N1Cc1cnc(Cl)s1. The number of nitrogens with zero attached hydrogens (tertiary/aromatic N) is 2. The Morgan fingerprint density at radius 1 is 1.53 bits per heavy atom. The summed E-state index contributed by atoms with van der Waals surface area (Å²) in [6.07, 6.45) is 1.88. The fraction of sp³-hybridized carbons (Fsp3) is 0.700. The average molecular weight is 246 g/mol. The monoisotopic (exact) mass is 245 g/mol. The molecule has 3 nitrogen and oxygen atoms in total. The van der Waals surface area contributed by atoms with Gasteiger partial charge >= 0.3 is 0 Å². The molecule has 0 bridgehead atoms. The zero-order valence-corrected chi connectivity index (χ0v) is 10.6. The molecule has 2 atom stereocenters. The van der Waals surface area contributed by atoms with Crippen LogP contribution in [0.3, 0.4) is 0 Å². The van der Waals surface area contributed by atoms with Crippen LogP contribution in [0, 0.1) is 0 Å². The van der Waals surface area contributed by atoms with E-state index in [2.05, 4.69) is 29.0 Å². The Hall–Kier alpha value is -0.160. The summed E-state index contributed by atoms with van der Waals surface area (Å²) in [4.78, 5) is 7.82. The second-order valence-corrected chi connectivity index (χ2v) is 5.81. The first-order valence-electron chi connectivity index (χ1n) is 5.23. The van der Waals surface area contributed by atoms with Crippen molar-refractivity contribution >= 4 is 22.9 Å². The number of halogens is 1. The molecule has 15 heavy (non-hydrogen) atoms. The molecule has 1 fully saturated rings. The third-order valence-corrected chi connectivity index (χ3v) is 3.98. The van der Waals surface area contributed by atoms with Crippen molar-refractivity contribution < 1.29 is 0 Å². The molecule has 2 rings (SSSR count). The minimum Gasteiger partial charge on any atom is -0.314 e. The van der Waals surface area contributed by atoms with E-state index in [1.54, 1.807) is 11.3 Å². The molecule has 2 heterocycles. The Balaban J connectivity index is 2.03.